The summed E-state index contributed by atoms with van der Waals surface area (Å²) in [6, 6.07) is 8.26. The summed E-state index contributed by atoms with van der Waals surface area (Å²) in [4.78, 5) is 14.0. The Morgan fingerprint density at radius 3 is 2.48 bits per heavy atom. The molecule has 1 aliphatic heterocycles. The molecular weight excluding hydrogens is 338 g/mol. The first-order valence-electron chi connectivity index (χ1n) is 8.26. The van der Waals surface area contributed by atoms with Gasteiger partial charge >= 0.3 is 0 Å². The minimum atomic E-state index is -3.77. The number of rotatable bonds is 3. The number of aromatic nitrogens is 3. The van der Waals surface area contributed by atoms with Gasteiger partial charge in [-0.2, -0.15) is 0 Å². The zero-order valence-corrected chi connectivity index (χ0v) is 14.5. The number of aromatic amines is 1. The molecule has 0 aliphatic carbocycles. The molecule has 1 aromatic carbocycles. The number of piperidine rings is 1. The summed E-state index contributed by atoms with van der Waals surface area (Å²) in [7, 11) is -3.77. The third-order valence-electron chi connectivity index (χ3n) is 4.52. The van der Waals surface area contributed by atoms with Crippen LogP contribution in [-0.2, 0) is 9.84 Å². The fourth-order valence-corrected chi connectivity index (χ4v) is 4.82. The van der Waals surface area contributed by atoms with Gasteiger partial charge in [0.2, 0.25) is 9.84 Å². The maximum atomic E-state index is 13.0. The molecule has 0 spiro atoms. The smallest absolute Gasteiger partial charge is 0.212 e. The predicted octanol–water partition coefficient (Wildman–Crippen LogP) is 2.36. The van der Waals surface area contributed by atoms with Gasteiger partial charge in [0, 0.05) is 13.1 Å². The van der Waals surface area contributed by atoms with E-state index in [9.17, 15) is 8.42 Å². The number of hydrogen-bond acceptors (Lipinski definition) is 6. The summed E-state index contributed by atoms with van der Waals surface area (Å²) in [6.45, 7) is 1.79. The minimum absolute atomic E-state index is 0.0226. The van der Waals surface area contributed by atoms with Gasteiger partial charge in [0.1, 0.15) is 28.1 Å². The van der Waals surface area contributed by atoms with E-state index in [1.54, 1.807) is 30.3 Å². The van der Waals surface area contributed by atoms with E-state index >= 15 is 0 Å². The predicted molar refractivity (Wildman–Crippen MR) is 96.3 cm³/mol. The summed E-state index contributed by atoms with van der Waals surface area (Å²) < 4.78 is 26.1. The molecule has 3 N–H and O–H groups in total. The van der Waals surface area contributed by atoms with Gasteiger partial charge in [0.05, 0.1) is 4.90 Å². The number of benzene rings is 1. The van der Waals surface area contributed by atoms with Crippen LogP contribution in [0.5, 0.6) is 0 Å². The molecule has 1 aliphatic rings. The van der Waals surface area contributed by atoms with E-state index in [4.69, 9.17) is 5.73 Å². The van der Waals surface area contributed by atoms with E-state index < -0.39 is 9.84 Å². The SMILES string of the molecule is Nc1[nH]c2c(N3CCCCC3)ncnc2c1S(=O)(=O)c1ccccc1. The number of nitrogens with one attached hydrogen (secondary N) is 1. The molecule has 1 fully saturated rings. The lowest BCUT2D eigenvalue weighted by Gasteiger charge is -2.27. The summed E-state index contributed by atoms with van der Waals surface area (Å²) in [5, 5.41) is 0. The van der Waals surface area contributed by atoms with E-state index in [1.807, 2.05) is 0 Å². The Morgan fingerprint density at radius 2 is 1.76 bits per heavy atom. The topological polar surface area (TPSA) is 105 Å². The lowest BCUT2D eigenvalue weighted by molar-refractivity contribution is 0.574. The van der Waals surface area contributed by atoms with Crippen molar-refractivity contribution in [2.24, 2.45) is 0 Å². The zero-order chi connectivity index (χ0) is 17.4. The van der Waals surface area contributed by atoms with Crippen molar-refractivity contribution in [3.63, 3.8) is 0 Å². The molecule has 0 radical (unpaired) electrons. The van der Waals surface area contributed by atoms with E-state index in [2.05, 4.69) is 19.9 Å². The first-order valence-corrected chi connectivity index (χ1v) is 9.74. The van der Waals surface area contributed by atoms with Crippen molar-refractivity contribution in [2.75, 3.05) is 23.7 Å². The molecule has 3 aromatic rings. The van der Waals surface area contributed by atoms with Crippen LogP contribution >= 0.6 is 0 Å². The average Bonchev–Trinajstić information content (AvgIpc) is 2.99. The van der Waals surface area contributed by atoms with Crippen molar-refractivity contribution in [3.05, 3.63) is 36.7 Å². The van der Waals surface area contributed by atoms with Gasteiger partial charge in [-0.3, -0.25) is 0 Å². The van der Waals surface area contributed by atoms with Gasteiger partial charge in [-0.15, -0.1) is 0 Å². The van der Waals surface area contributed by atoms with E-state index in [1.165, 1.54) is 12.7 Å². The summed E-state index contributed by atoms with van der Waals surface area (Å²) >= 11 is 0. The van der Waals surface area contributed by atoms with Crippen molar-refractivity contribution in [3.8, 4) is 0 Å². The summed E-state index contributed by atoms with van der Waals surface area (Å²) in [6.07, 6.45) is 4.79. The monoisotopic (exact) mass is 357 g/mol. The molecule has 4 rings (SSSR count). The molecule has 8 heteroatoms. The molecule has 0 saturated carbocycles. The number of fused-ring (bicyclic) bond motifs is 1. The van der Waals surface area contributed by atoms with Crippen LogP contribution in [0.25, 0.3) is 11.0 Å². The molecule has 2 aromatic heterocycles. The zero-order valence-electron chi connectivity index (χ0n) is 13.6. The highest BCUT2D eigenvalue weighted by molar-refractivity contribution is 7.92. The van der Waals surface area contributed by atoms with Crippen molar-refractivity contribution in [1.82, 2.24) is 15.0 Å². The van der Waals surface area contributed by atoms with Crippen LogP contribution in [0, 0.1) is 0 Å². The quantitative estimate of drug-likeness (QED) is 0.745. The Hall–Kier alpha value is -2.61. The Balaban J connectivity index is 1.90. The van der Waals surface area contributed by atoms with E-state index in [0.717, 1.165) is 25.9 Å². The van der Waals surface area contributed by atoms with Gasteiger partial charge in [-0.05, 0) is 31.4 Å². The second-order valence-corrected chi connectivity index (χ2v) is 8.04. The van der Waals surface area contributed by atoms with Crippen LogP contribution in [0.4, 0.5) is 11.6 Å². The standard InChI is InChI=1S/C17H19N5O2S/c18-16-15(25(23,24)12-7-3-1-4-8-12)13-14(21-16)17(20-11-19-13)22-9-5-2-6-10-22/h1,3-4,7-8,11,21H,2,5-6,9-10,18H2. The third-order valence-corrected chi connectivity index (χ3v) is 6.37. The molecule has 130 valence electrons. The molecule has 7 nitrogen and oxygen atoms in total. The third kappa shape index (κ3) is 2.62. The van der Waals surface area contributed by atoms with E-state index in [0.29, 0.717) is 16.9 Å². The van der Waals surface area contributed by atoms with Crippen LogP contribution in [0.2, 0.25) is 0 Å². The second-order valence-electron chi connectivity index (χ2n) is 6.15. The molecule has 0 bridgehead atoms. The molecular formula is C17H19N5O2S. The Kier molecular flexibility index (Phi) is 3.84. The Labute approximate surface area is 145 Å². The molecule has 0 unspecified atom stereocenters. The maximum Gasteiger partial charge on any atom is 0.212 e. The molecule has 25 heavy (non-hydrogen) atoms. The fraction of sp³-hybridized carbons (Fsp3) is 0.294. The van der Waals surface area contributed by atoms with Gasteiger partial charge in [-0.1, -0.05) is 18.2 Å². The number of anilines is 2. The lowest BCUT2D eigenvalue weighted by Crippen LogP contribution is -2.30. The van der Waals surface area contributed by atoms with Crippen LogP contribution in [-0.4, -0.2) is 36.5 Å². The first-order chi connectivity index (χ1) is 12.1. The number of nitrogens with zero attached hydrogens (tertiary/aromatic N) is 3. The number of nitrogens with two attached hydrogens (primary N) is 1. The number of H-pyrrole nitrogens is 1. The summed E-state index contributed by atoms with van der Waals surface area (Å²) in [5.41, 5.74) is 6.98. The largest absolute Gasteiger partial charge is 0.384 e. The van der Waals surface area contributed by atoms with Crippen LogP contribution in [0.15, 0.2) is 46.5 Å². The van der Waals surface area contributed by atoms with Crippen molar-refractivity contribution >= 4 is 32.5 Å². The van der Waals surface area contributed by atoms with Crippen molar-refractivity contribution in [2.45, 2.75) is 29.1 Å². The molecule has 0 atom stereocenters. The van der Waals surface area contributed by atoms with Gasteiger partial charge in [0.15, 0.2) is 5.82 Å². The van der Waals surface area contributed by atoms with Crippen LogP contribution < -0.4 is 10.6 Å². The minimum Gasteiger partial charge on any atom is -0.384 e. The van der Waals surface area contributed by atoms with Gasteiger partial charge in [0.25, 0.3) is 0 Å². The molecule has 1 saturated heterocycles. The second kappa shape index (κ2) is 6.03. The fourth-order valence-electron chi connectivity index (χ4n) is 3.32. The highest BCUT2D eigenvalue weighted by Crippen LogP contribution is 2.35. The Morgan fingerprint density at radius 1 is 1.04 bits per heavy atom. The van der Waals surface area contributed by atoms with Gasteiger partial charge < -0.3 is 15.6 Å². The normalized spacial score (nSPS) is 15.6. The molecule has 0 amide bonds. The Bertz CT molecular complexity index is 1010. The first kappa shape index (κ1) is 15.9. The number of sulfone groups is 1. The highest BCUT2D eigenvalue weighted by Gasteiger charge is 2.28. The average molecular weight is 357 g/mol. The van der Waals surface area contributed by atoms with Gasteiger partial charge in [-0.25, -0.2) is 18.4 Å². The summed E-state index contributed by atoms with van der Waals surface area (Å²) in [5.74, 6) is 0.809. The van der Waals surface area contributed by atoms with Crippen molar-refractivity contribution < 1.29 is 8.42 Å². The molecule has 3 heterocycles. The van der Waals surface area contributed by atoms with Crippen LogP contribution in [0.1, 0.15) is 19.3 Å². The number of nitrogen functional groups attached to an aromatic ring is 1. The maximum absolute atomic E-state index is 13.0. The lowest BCUT2D eigenvalue weighted by atomic mass is 10.1. The number of hydrogen-bond donors (Lipinski definition) is 2. The highest BCUT2D eigenvalue weighted by atomic mass is 32.2. The van der Waals surface area contributed by atoms with E-state index in [-0.39, 0.29) is 15.6 Å². The van der Waals surface area contributed by atoms with Crippen molar-refractivity contribution in [1.29, 1.82) is 0 Å². The van der Waals surface area contributed by atoms with Crippen LogP contribution in [0.3, 0.4) is 0 Å².